The Morgan fingerprint density at radius 1 is 1.43 bits per heavy atom. The molecule has 0 saturated heterocycles. The van der Waals surface area contributed by atoms with Crippen LogP contribution in [0.3, 0.4) is 0 Å². The van der Waals surface area contributed by atoms with Crippen molar-refractivity contribution in [2.75, 3.05) is 5.32 Å². The van der Waals surface area contributed by atoms with Crippen LogP contribution in [-0.4, -0.2) is 22.7 Å². The molecule has 0 spiro atoms. The Balaban J connectivity index is 1.70. The normalized spacial score (nSPS) is 16.7. The summed E-state index contributed by atoms with van der Waals surface area (Å²) in [6, 6.07) is 7.91. The Morgan fingerprint density at radius 2 is 2.26 bits per heavy atom. The third-order valence-electron chi connectivity index (χ3n) is 3.38. The first-order valence-corrected chi connectivity index (χ1v) is 7.33. The van der Waals surface area contributed by atoms with Crippen LogP contribution in [0.4, 0.5) is 10.2 Å². The molecule has 0 fully saturated rings. The second kappa shape index (κ2) is 6.34. The Bertz CT molecular complexity index is 774. The van der Waals surface area contributed by atoms with E-state index in [-0.39, 0.29) is 17.0 Å². The number of aryl methyl sites for hydroxylation is 1. The molecule has 1 aromatic heterocycles. The number of hydrogen-bond acceptors (Lipinski definition) is 4. The van der Waals surface area contributed by atoms with E-state index in [2.05, 4.69) is 15.5 Å². The maximum absolute atomic E-state index is 13.9. The van der Waals surface area contributed by atoms with E-state index in [4.69, 9.17) is 16.4 Å². The predicted octanol–water partition coefficient (Wildman–Crippen LogP) is 3.31. The van der Waals surface area contributed by atoms with Gasteiger partial charge >= 0.3 is 0 Å². The van der Waals surface area contributed by atoms with E-state index in [0.29, 0.717) is 11.5 Å². The Morgan fingerprint density at radius 3 is 3.00 bits per heavy atom. The number of hydrogen-bond donors (Lipinski definition) is 1. The first kappa shape index (κ1) is 15.4. The quantitative estimate of drug-likeness (QED) is 0.937. The molecule has 0 aliphatic carbocycles. The number of rotatable bonds is 3. The van der Waals surface area contributed by atoms with Gasteiger partial charge in [0.05, 0.1) is 16.3 Å². The average Bonchev–Trinajstić information content (AvgIpc) is 2.97. The molecule has 0 saturated carbocycles. The highest BCUT2D eigenvalue weighted by Crippen LogP contribution is 2.25. The summed E-state index contributed by atoms with van der Waals surface area (Å²) in [4.78, 5) is 21.4. The topological polar surface area (TPSA) is 63.6 Å². The van der Waals surface area contributed by atoms with Crippen LogP contribution < -0.4 is 5.32 Å². The van der Waals surface area contributed by atoms with Crippen LogP contribution in [0.1, 0.15) is 17.5 Å². The molecular formula is C16H13ClFN3O2. The standard InChI is InChI=1S/C16H13ClFN3O2/c1-9-5-6-19-14(7-9)20-16(22)13-8-12(21-23-13)15-10(17)3-2-4-11(15)18/h2-7,13H,8H2,1H3,(H,19,20,22). The van der Waals surface area contributed by atoms with E-state index in [1.165, 1.54) is 12.1 Å². The van der Waals surface area contributed by atoms with Gasteiger partial charge < -0.3 is 10.2 Å². The number of carbonyl (C=O) groups excluding carboxylic acids is 1. The molecule has 3 rings (SSSR count). The third kappa shape index (κ3) is 3.32. The molecule has 1 unspecified atom stereocenters. The molecule has 118 valence electrons. The highest BCUT2D eigenvalue weighted by Gasteiger charge is 2.31. The summed E-state index contributed by atoms with van der Waals surface area (Å²) in [5.41, 5.74) is 1.45. The van der Waals surface area contributed by atoms with Gasteiger partial charge in [0, 0.05) is 12.6 Å². The molecule has 2 heterocycles. The number of amides is 1. The molecule has 1 aliphatic heterocycles. The van der Waals surface area contributed by atoms with Crippen LogP contribution in [-0.2, 0) is 9.63 Å². The van der Waals surface area contributed by atoms with Crippen LogP contribution >= 0.6 is 11.6 Å². The number of halogens is 2. The van der Waals surface area contributed by atoms with Gasteiger partial charge in [0.15, 0.2) is 0 Å². The summed E-state index contributed by atoms with van der Waals surface area (Å²) in [6.07, 6.45) is 0.891. The fraction of sp³-hybridized carbons (Fsp3) is 0.188. The maximum Gasteiger partial charge on any atom is 0.269 e. The lowest BCUT2D eigenvalue weighted by Gasteiger charge is -2.09. The average molecular weight is 334 g/mol. The molecule has 1 N–H and O–H groups in total. The van der Waals surface area contributed by atoms with E-state index in [0.717, 1.165) is 5.56 Å². The zero-order valence-corrected chi connectivity index (χ0v) is 13.0. The Labute approximate surface area is 137 Å². The highest BCUT2D eigenvalue weighted by atomic mass is 35.5. The van der Waals surface area contributed by atoms with Crippen molar-refractivity contribution in [2.45, 2.75) is 19.4 Å². The minimum absolute atomic E-state index is 0.137. The van der Waals surface area contributed by atoms with E-state index >= 15 is 0 Å². The molecule has 2 aromatic rings. The number of benzene rings is 1. The molecule has 0 bridgehead atoms. The number of aromatic nitrogens is 1. The molecule has 5 nitrogen and oxygen atoms in total. The number of oxime groups is 1. The highest BCUT2D eigenvalue weighted by molar-refractivity contribution is 6.34. The second-order valence-corrected chi connectivity index (χ2v) is 5.55. The van der Waals surface area contributed by atoms with Gasteiger partial charge in [0.2, 0.25) is 6.10 Å². The molecular weight excluding hydrogens is 321 g/mol. The van der Waals surface area contributed by atoms with Crippen molar-refractivity contribution in [1.29, 1.82) is 0 Å². The zero-order valence-electron chi connectivity index (χ0n) is 12.2. The maximum atomic E-state index is 13.9. The number of pyridine rings is 1. The molecule has 1 aromatic carbocycles. The van der Waals surface area contributed by atoms with Crippen molar-refractivity contribution in [3.63, 3.8) is 0 Å². The second-order valence-electron chi connectivity index (χ2n) is 5.14. The molecule has 7 heteroatoms. The van der Waals surface area contributed by atoms with Crippen molar-refractivity contribution in [3.8, 4) is 0 Å². The minimum Gasteiger partial charge on any atom is -0.382 e. The van der Waals surface area contributed by atoms with Crippen LogP contribution in [0.15, 0.2) is 41.7 Å². The van der Waals surface area contributed by atoms with Gasteiger partial charge in [-0.2, -0.15) is 0 Å². The Kier molecular flexibility index (Phi) is 4.25. The zero-order chi connectivity index (χ0) is 16.4. The fourth-order valence-electron chi connectivity index (χ4n) is 2.25. The lowest BCUT2D eigenvalue weighted by Crippen LogP contribution is -2.28. The minimum atomic E-state index is -0.844. The summed E-state index contributed by atoms with van der Waals surface area (Å²) in [6.45, 7) is 1.89. The Hall–Kier alpha value is -2.47. The van der Waals surface area contributed by atoms with E-state index < -0.39 is 17.8 Å². The van der Waals surface area contributed by atoms with Crippen LogP contribution in [0.5, 0.6) is 0 Å². The third-order valence-corrected chi connectivity index (χ3v) is 3.69. The SMILES string of the molecule is Cc1ccnc(NC(=O)C2CC(c3c(F)cccc3Cl)=NO2)c1. The first-order valence-electron chi connectivity index (χ1n) is 6.95. The van der Waals surface area contributed by atoms with Crippen LogP contribution in [0, 0.1) is 12.7 Å². The smallest absolute Gasteiger partial charge is 0.269 e. The number of nitrogens with zero attached hydrogens (tertiary/aromatic N) is 2. The van der Waals surface area contributed by atoms with Crippen molar-refractivity contribution >= 4 is 29.0 Å². The van der Waals surface area contributed by atoms with E-state index in [9.17, 15) is 9.18 Å². The van der Waals surface area contributed by atoms with Gasteiger partial charge in [0.25, 0.3) is 5.91 Å². The fourth-order valence-corrected chi connectivity index (χ4v) is 2.52. The van der Waals surface area contributed by atoms with Gasteiger partial charge in [-0.15, -0.1) is 0 Å². The predicted molar refractivity (Wildman–Crippen MR) is 85.0 cm³/mol. The molecule has 23 heavy (non-hydrogen) atoms. The monoisotopic (exact) mass is 333 g/mol. The van der Waals surface area contributed by atoms with Gasteiger partial charge in [0.1, 0.15) is 11.6 Å². The molecule has 0 radical (unpaired) electrons. The summed E-state index contributed by atoms with van der Waals surface area (Å²) in [5, 5.41) is 6.68. The van der Waals surface area contributed by atoms with E-state index in [1.807, 2.05) is 13.0 Å². The van der Waals surface area contributed by atoms with Crippen molar-refractivity contribution in [1.82, 2.24) is 4.98 Å². The number of carbonyl (C=O) groups is 1. The summed E-state index contributed by atoms with van der Waals surface area (Å²) >= 11 is 6.00. The molecule has 1 amide bonds. The van der Waals surface area contributed by atoms with Gasteiger partial charge in [-0.25, -0.2) is 9.37 Å². The lowest BCUT2D eigenvalue weighted by atomic mass is 10.0. The van der Waals surface area contributed by atoms with Crippen molar-refractivity contribution < 1.29 is 14.0 Å². The van der Waals surface area contributed by atoms with Crippen molar-refractivity contribution in [3.05, 3.63) is 58.5 Å². The lowest BCUT2D eigenvalue weighted by molar-refractivity contribution is -0.125. The first-order chi connectivity index (χ1) is 11.0. The van der Waals surface area contributed by atoms with Gasteiger partial charge in [-0.05, 0) is 36.8 Å². The van der Waals surface area contributed by atoms with Crippen LogP contribution in [0.2, 0.25) is 5.02 Å². The van der Waals surface area contributed by atoms with Crippen molar-refractivity contribution in [2.24, 2.45) is 5.16 Å². The number of nitrogens with one attached hydrogen (secondary N) is 1. The summed E-state index contributed by atoms with van der Waals surface area (Å²) in [5.74, 6) is -0.466. The molecule has 1 atom stereocenters. The van der Waals surface area contributed by atoms with Gasteiger partial charge in [-0.1, -0.05) is 22.8 Å². The largest absolute Gasteiger partial charge is 0.382 e. The van der Waals surface area contributed by atoms with Crippen LogP contribution in [0.25, 0.3) is 0 Å². The van der Waals surface area contributed by atoms with Gasteiger partial charge in [-0.3, -0.25) is 4.79 Å². The number of anilines is 1. The summed E-state index contributed by atoms with van der Waals surface area (Å²) < 4.78 is 13.9. The van der Waals surface area contributed by atoms with E-state index in [1.54, 1.807) is 18.3 Å². The molecule has 1 aliphatic rings. The summed E-state index contributed by atoms with van der Waals surface area (Å²) in [7, 11) is 0.